The molecule has 13 heavy (non-hydrogen) atoms. The molecule has 0 aliphatic rings. The second-order valence-corrected chi connectivity index (χ2v) is 2.91. The van der Waals surface area contributed by atoms with Gasteiger partial charge in [-0.2, -0.15) is 0 Å². The summed E-state index contributed by atoms with van der Waals surface area (Å²) < 4.78 is 0. The van der Waals surface area contributed by atoms with Crippen molar-refractivity contribution >= 4 is 0 Å². The molecule has 1 aromatic rings. The zero-order chi connectivity index (χ0) is 9.68. The molecule has 1 unspecified atom stereocenters. The fourth-order valence-corrected chi connectivity index (χ4v) is 1.20. The molecule has 1 aromatic carbocycles. The van der Waals surface area contributed by atoms with Crippen molar-refractivity contribution in [2.45, 2.75) is 19.6 Å². The molecule has 0 saturated heterocycles. The van der Waals surface area contributed by atoms with Crippen LogP contribution in [0.1, 0.15) is 12.5 Å². The third-order valence-electron chi connectivity index (χ3n) is 1.84. The number of benzene rings is 1. The number of phenolic OH excluding ortho intramolecular Hbond substituents is 1. The van der Waals surface area contributed by atoms with Gasteiger partial charge in [0.05, 0.1) is 0 Å². The summed E-state index contributed by atoms with van der Waals surface area (Å²) in [5, 5.41) is 21.7. The van der Waals surface area contributed by atoms with E-state index in [9.17, 15) is 10.2 Å². The van der Waals surface area contributed by atoms with Crippen molar-refractivity contribution < 1.29 is 10.2 Å². The highest BCUT2D eigenvalue weighted by Gasteiger charge is 2.06. The Morgan fingerprint density at radius 3 is 2.69 bits per heavy atom. The molecule has 0 aromatic heterocycles. The van der Waals surface area contributed by atoms with E-state index in [0.29, 0.717) is 6.42 Å². The summed E-state index contributed by atoms with van der Waals surface area (Å²) in [7, 11) is 0. The minimum atomic E-state index is -0.585. The Balaban J connectivity index is 2.58. The molecule has 3 nitrogen and oxygen atoms in total. The van der Waals surface area contributed by atoms with E-state index in [1.54, 1.807) is 18.2 Å². The molecular formula is C10H15NO2. The van der Waals surface area contributed by atoms with Crippen LogP contribution in [-0.2, 0) is 6.42 Å². The van der Waals surface area contributed by atoms with Crippen LogP contribution in [0.2, 0.25) is 0 Å². The molecular weight excluding hydrogens is 166 g/mol. The highest BCUT2D eigenvalue weighted by atomic mass is 16.3. The number of likely N-dealkylation sites (N-methyl/N-ethyl adjacent to an activating group) is 1. The first kappa shape index (κ1) is 10.0. The lowest BCUT2D eigenvalue weighted by Crippen LogP contribution is -2.30. The maximum absolute atomic E-state index is 9.40. The maximum atomic E-state index is 9.40. The normalized spacial score (nSPS) is 12.8. The zero-order valence-corrected chi connectivity index (χ0v) is 7.70. The minimum Gasteiger partial charge on any atom is -0.508 e. The monoisotopic (exact) mass is 181 g/mol. The van der Waals surface area contributed by atoms with Crippen LogP contribution in [0, 0.1) is 0 Å². The van der Waals surface area contributed by atoms with Crippen LogP contribution >= 0.6 is 0 Å². The van der Waals surface area contributed by atoms with Crippen molar-refractivity contribution in [1.82, 2.24) is 5.32 Å². The highest BCUT2D eigenvalue weighted by Crippen LogP contribution is 2.16. The fraction of sp³-hybridized carbons (Fsp3) is 0.400. The van der Waals surface area contributed by atoms with Crippen LogP contribution in [0.15, 0.2) is 24.3 Å². The number of para-hydroxylation sites is 1. The lowest BCUT2D eigenvalue weighted by Gasteiger charge is -2.11. The van der Waals surface area contributed by atoms with Crippen molar-refractivity contribution in [3.8, 4) is 5.75 Å². The average Bonchev–Trinajstić information content (AvgIpc) is 2.09. The van der Waals surface area contributed by atoms with E-state index >= 15 is 0 Å². The van der Waals surface area contributed by atoms with E-state index in [4.69, 9.17) is 0 Å². The van der Waals surface area contributed by atoms with Gasteiger partial charge in [0.1, 0.15) is 12.0 Å². The number of phenols is 1. The summed E-state index contributed by atoms with van der Waals surface area (Å²) in [6.07, 6.45) is -0.154. The molecule has 0 heterocycles. The first-order valence-electron chi connectivity index (χ1n) is 4.42. The number of hydrogen-bond donors (Lipinski definition) is 3. The van der Waals surface area contributed by atoms with Crippen molar-refractivity contribution in [3.63, 3.8) is 0 Å². The van der Waals surface area contributed by atoms with Gasteiger partial charge in [-0.15, -0.1) is 0 Å². The molecule has 0 spiro atoms. The quantitative estimate of drug-likeness (QED) is 0.604. The number of nitrogens with one attached hydrogen (secondary N) is 1. The van der Waals surface area contributed by atoms with E-state index in [0.717, 1.165) is 12.1 Å². The van der Waals surface area contributed by atoms with Gasteiger partial charge in [0.15, 0.2) is 0 Å². The lowest BCUT2D eigenvalue weighted by atomic mass is 10.1. The number of rotatable bonds is 4. The van der Waals surface area contributed by atoms with Crippen LogP contribution in [-0.4, -0.2) is 23.0 Å². The summed E-state index contributed by atoms with van der Waals surface area (Å²) in [6, 6.07) is 7.02. The van der Waals surface area contributed by atoms with Crippen molar-refractivity contribution in [2.75, 3.05) is 6.54 Å². The maximum Gasteiger partial charge on any atom is 0.118 e. The molecule has 72 valence electrons. The summed E-state index contributed by atoms with van der Waals surface area (Å²) in [4.78, 5) is 0. The summed E-state index contributed by atoms with van der Waals surface area (Å²) in [6.45, 7) is 2.64. The largest absolute Gasteiger partial charge is 0.508 e. The van der Waals surface area contributed by atoms with Gasteiger partial charge in [0, 0.05) is 6.42 Å². The predicted octanol–water partition coefficient (Wildman–Crippen LogP) is 0.863. The van der Waals surface area contributed by atoms with Gasteiger partial charge < -0.3 is 10.2 Å². The smallest absolute Gasteiger partial charge is 0.118 e. The van der Waals surface area contributed by atoms with E-state index < -0.39 is 6.23 Å². The van der Waals surface area contributed by atoms with Crippen molar-refractivity contribution in [1.29, 1.82) is 0 Å². The molecule has 0 bridgehead atoms. The molecule has 1 atom stereocenters. The van der Waals surface area contributed by atoms with Gasteiger partial charge in [-0.1, -0.05) is 25.1 Å². The average molecular weight is 181 g/mol. The van der Waals surface area contributed by atoms with Gasteiger partial charge in [0.2, 0.25) is 0 Å². The van der Waals surface area contributed by atoms with Crippen LogP contribution in [0.4, 0.5) is 0 Å². The second kappa shape index (κ2) is 4.84. The van der Waals surface area contributed by atoms with Crippen LogP contribution in [0.3, 0.4) is 0 Å². The van der Waals surface area contributed by atoms with Crippen LogP contribution in [0.25, 0.3) is 0 Å². The van der Waals surface area contributed by atoms with Gasteiger partial charge in [0.25, 0.3) is 0 Å². The van der Waals surface area contributed by atoms with Gasteiger partial charge >= 0.3 is 0 Å². The van der Waals surface area contributed by atoms with Gasteiger partial charge in [-0.05, 0) is 18.2 Å². The number of aromatic hydroxyl groups is 1. The molecule has 0 fully saturated rings. The Morgan fingerprint density at radius 1 is 1.38 bits per heavy atom. The molecule has 3 N–H and O–H groups in total. The standard InChI is InChI=1S/C10H15NO2/c1-2-11-10(13)7-8-5-3-4-6-9(8)12/h3-6,10-13H,2,7H2,1H3. The van der Waals surface area contributed by atoms with E-state index in [2.05, 4.69) is 5.32 Å². The van der Waals surface area contributed by atoms with E-state index in [-0.39, 0.29) is 5.75 Å². The van der Waals surface area contributed by atoms with Crippen molar-refractivity contribution in [2.24, 2.45) is 0 Å². The topological polar surface area (TPSA) is 52.5 Å². The van der Waals surface area contributed by atoms with E-state index in [1.165, 1.54) is 0 Å². The molecule has 0 amide bonds. The SMILES string of the molecule is CCNC(O)Cc1ccccc1O. The number of aliphatic hydroxyl groups excluding tert-OH is 1. The fourth-order valence-electron chi connectivity index (χ4n) is 1.20. The van der Waals surface area contributed by atoms with Gasteiger partial charge in [-0.25, -0.2) is 0 Å². The highest BCUT2D eigenvalue weighted by molar-refractivity contribution is 5.32. The van der Waals surface area contributed by atoms with Crippen LogP contribution in [0.5, 0.6) is 5.75 Å². The Kier molecular flexibility index (Phi) is 3.73. The molecule has 1 rings (SSSR count). The number of hydrogen-bond acceptors (Lipinski definition) is 3. The first-order valence-corrected chi connectivity index (χ1v) is 4.42. The third kappa shape index (κ3) is 3.05. The Hall–Kier alpha value is -1.06. The lowest BCUT2D eigenvalue weighted by molar-refractivity contribution is 0.139. The van der Waals surface area contributed by atoms with Crippen LogP contribution < -0.4 is 5.32 Å². The Labute approximate surface area is 78.0 Å². The third-order valence-corrected chi connectivity index (χ3v) is 1.84. The van der Waals surface area contributed by atoms with Gasteiger partial charge in [-0.3, -0.25) is 5.32 Å². The second-order valence-electron chi connectivity index (χ2n) is 2.91. The molecule has 0 aliphatic heterocycles. The summed E-state index contributed by atoms with van der Waals surface area (Å²) in [5.74, 6) is 0.236. The van der Waals surface area contributed by atoms with Crippen molar-refractivity contribution in [3.05, 3.63) is 29.8 Å². The molecule has 3 heteroatoms. The Morgan fingerprint density at radius 2 is 2.08 bits per heavy atom. The van der Waals surface area contributed by atoms with E-state index in [1.807, 2.05) is 13.0 Å². The predicted molar refractivity (Wildman–Crippen MR) is 51.5 cm³/mol. The number of aliphatic hydroxyl groups is 1. The summed E-state index contributed by atoms with van der Waals surface area (Å²) >= 11 is 0. The minimum absolute atomic E-state index is 0.236. The molecule has 0 radical (unpaired) electrons. The first-order chi connectivity index (χ1) is 6.24. The molecule has 0 saturated carbocycles. The summed E-state index contributed by atoms with van der Waals surface area (Å²) in [5.41, 5.74) is 0.760. The Bertz CT molecular complexity index is 263. The zero-order valence-electron chi connectivity index (χ0n) is 7.70. The molecule has 0 aliphatic carbocycles.